The molecule has 2 aromatic rings. The molecule has 0 spiro atoms. The number of hydrogen-bond donors (Lipinski definition) is 0. The lowest BCUT2D eigenvalue weighted by Crippen LogP contribution is -2.51. The van der Waals surface area contributed by atoms with Gasteiger partial charge in [0.2, 0.25) is 0 Å². The van der Waals surface area contributed by atoms with Crippen LogP contribution < -0.4 is 5.19 Å². The van der Waals surface area contributed by atoms with Crippen molar-refractivity contribution in [1.82, 2.24) is 0 Å². The average Bonchev–Trinajstić information content (AvgIpc) is 2.77. The van der Waals surface area contributed by atoms with Gasteiger partial charge in [-0.1, -0.05) is 66.8 Å². The van der Waals surface area contributed by atoms with E-state index in [9.17, 15) is 4.79 Å². The molecule has 178 valence electrons. The molecule has 6 heteroatoms. The SMILES string of the molecule is CC1(C)O[C@H](CSc2ccccc2)C[C@H](C[C@@H]2C[C@@H]([Si](C)(C)c3ccccc3)CC(=O)O2)O1. The molecule has 0 saturated carbocycles. The molecule has 0 bridgehead atoms. The van der Waals surface area contributed by atoms with Crippen molar-refractivity contribution in [3.8, 4) is 0 Å². The van der Waals surface area contributed by atoms with Gasteiger partial charge in [0.25, 0.3) is 0 Å². The van der Waals surface area contributed by atoms with E-state index in [1.807, 2.05) is 31.7 Å². The third kappa shape index (κ3) is 6.50. The van der Waals surface area contributed by atoms with Gasteiger partial charge in [-0.3, -0.25) is 4.79 Å². The zero-order valence-corrected chi connectivity index (χ0v) is 22.0. The smallest absolute Gasteiger partial charge is 0.306 e. The summed E-state index contributed by atoms with van der Waals surface area (Å²) < 4.78 is 18.4. The van der Waals surface area contributed by atoms with Gasteiger partial charge in [-0.2, -0.15) is 0 Å². The Kier molecular flexibility index (Phi) is 7.68. The predicted octanol–water partition coefficient (Wildman–Crippen LogP) is 5.77. The molecule has 33 heavy (non-hydrogen) atoms. The Morgan fingerprint density at radius 3 is 2.24 bits per heavy atom. The highest BCUT2D eigenvalue weighted by atomic mass is 32.2. The summed E-state index contributed by atoms with van der Waals surface area (Å²) in [5, 5.41) is 1.41. The Balaban J connectivity index is 1.39. The molecule has 0 aromatic heterocycles. The maximum absolute atomic E-state index is 12.6. The monoisotopic (exact) mass is 484 g/mol. The van der Waals surface area contributed by atoms with Crippen LogP contribution in [0.4, 0.5) is 0 Å². The zero-order chi connectivity index (χ0) is 23.5. The molecule has 2 aromatic carbocycles. The standard InChI is InChI=1S/C27H36O4SSi/c1-27(2)30-21(16-22(31-27)19-32-23-11-7-5-8-12-23)15-20-17-25(18-26(28)29-20)33(3,4)24-13-9-6-10-14-24/h5-14,20-22,25H,15-19H2,1-4H3/t20-,21+,22+,25-/m1/s1. The average molecular weight is 485 g/mol. The molecule has 0 N–H and O–H groups in total. The first-order chi connectivity index (χ1) is 15.7. The first-order valence-electron chi connectivity index (χ1n) is 12.0. The molecule has 4 nitrogen and oxygen atoms in total. The van der Waals surface area contributed by atoms with Gasteiger partial charge in [0, 0.05) is 29.9 Å². The van der Waals surface area contributed by atoms with Crippen molar-refractivity contribution in [3.63, 3.8) is 0 Å². The van der Waals surface area contributed by atoms with E-state index in [1.54, 1.807) is 0 Å². The summed E-state index contributed by atoms with van der Waals surface area (Å²) in [6.07, 6.45) is 3.05. The normalized spacial score (nSPS) is 27.7. The molecule has 2 heterocycles. The summed E-state index contributed by atoms with van der Waals surface area (Å²) in [6, 6.07) is 21.1. The van der Waals surface area contributed by atoms with Crippen LogP contribution in [0.3, 0.4) is 0 Å². The second kappa shape index (κ2) is 10.3. The van der Waals surface area contributed by atoms with Gasteiger partial charge in [-0.05, 0) is 37.9 Å². The first kappa shape index (κ1) is 24.5. The van der Waals surface area contributed by atoms with E-state index in [2.05, 4.69) is 67.7 Å². The van der Waals surface area contributed by atoms with Gasteiger partial charge >= 0.3 is 5.97 Å². The van der Waals surface area contributed by atoms with Crippen molar-refractivity contribution in [2.45, 2.75) is 87.2 Å². The Hall–Kier alpha value is -1.60. The van der Waals surface area contributed by atoms with Crippen molar-refractivity contribution in [1.29, 1.82) is 0 Å². The lowest BCUT2D eigenvalue weighted by molar-refractivity contribution is -0.298. The number of esters is 1. The second-order valence-corrected chi connectivity index (χ2v) is 16.2. The number of cyclic esters (lactones) is 1. The lowest BCUT2D eigenvalue weighted by atomic mass is 9.98. The molecule has 2 fully saturated rings. The van der Waals surface area contributed by atoms with E-state index in [1.165, 1.54) is 10.1 Å². The molecule has 4 rings (SSSR count). The fourth-order valence-corrected chi connectivity index (χ4v) is 9.13. The Morgan fingerprint density at radius 2 is 1.55 bits per heavy atom. The summed E-state index contributed by atoms with van der Waals surface area (Å²) in [5.41, 5.74) is 0.378. The fourth-order valence-electron chi connectivity index (χ4n) is 5.15. The van der Waals surface area contributed by atoms with Gasteiger partial charge < -0.3 is 14.2 Å². The van der Waals surface area contributed by atoms with Crippen LogP contribution in [0.25, 0.3) is 0 Å². The maximum atomic E-state index is 12.6. The molecule has 2 saturated heterocycles. The van der Waals surface area contributed by atoms with Crippen LogP contribution in [0.1, 0.15) is 39.5 Å². The molecular formula is C27H36O4SSi. The number of carbonyl (C=O) groups excluding carboxylic acids is 1. The van der Waals surface area contributed by atoms with Gasteiger partial charge in [0.05, 0.1) is 20.3 Å². The molecule has 2 aliphatic rings. The third-order valence-electron chi connectivity index (χ3n) is 6.93. The summed E-state index contributed by atoms with van der Waals surface area (Å²) in [6.45, 7) is 8.74. The highest BCUT2D eigenvalue weighted by Gasteiger charge is 2.43. The largest absolute Gasteiger partial charge is 0.462 e. The number of thioether (sulfide) groups is 1. The van der Waals surface area contributed by atoms with Gasteiger partial charge in [0.15, 0.2) is 5.79 Å². The van der Waals surface area contributed by atoms with Gasteiger partial charge in [-0.15, -0.1) is 11.8 Å². The molecular weight excluding hydrogens is 448 g/mol. The minimum Gasteiger partial charge on any atom is -0.462 e. The van der Waals surface area contributed by atoms with Crippen molar-refractivity contribution in [2.24, 2.45) is 0 Å². The van der Waals surface area contributed by atoms with Gasteiger partial charge in [-0.25, -0.2) is 0 Å². The van der Waals surface area contributed by atoms with Crippen molar-refractivity contribution in [2.75, 3.05) is 5.75 Å². The van der Waals surface area contributed by atoms with E-state index >= 15 is 0 Å². The van der Waals surface area contributed by atoms with Gasteiger partial charge in [0.1, 0.15) is 6.10 Å². The van der Waals surface area contributed by atoms with E-state index in [4.69, 9.17) is 14.2 Å². The second-order valence-electron chi connectivity index (χ2n) is 10.3. The van der Waals surface area contributed by atoms with Crippen LogP contribution in [0.5, 0.6) is 0 Å². The Bertz CT molecular complexity index is 918. The molecule has 0 unspecified atom stereocenters. The van der Waals surface area contributed by atoms with Crippen LogP contribution in [0.2, 0.25) is 18.6 Å². The third-order valence-corrected chi connectivity index (χ3v) is 12.4. The van der Waals surface area contributed by atoms with Crippen LogP contribution in [0.15, 0.2) is 65.6 Å². The van der Waals surface area contributed by atoms with E-state index < -0.39 is 13.9 Å². The van der Waals surface area contributed by atoms with Crippen LogP contribution in [-0.2, 0) is 19.0 Å². The van der Waals surface area contributed by atoms with Crippen molar-refractivity contribution in [3.05, 3.63) is 60.7 Å². The molecule has 0 amide bonds. The highest BCUT2D eigenvalue weighted by molar-refractivity contribution is 7.99. The highest BCUT2D eigenvalue weighted by Crippen LogP contribution is 2.39. The minimum absolute atomic E-state index is 0.0215. The minimum atomic E-state index is -1.79. The Labute approximate surface area is 203 Å². The summed E-state index contributed by atoms with van der Waals surface area (Å²) in [7, 11) is -1.79. The Morgan fingerprint density at radius 1 is 0.909 bits per heavy atom. The number of ether oxygens (including phenoxy) is 3. The summed E-state index contributed by atoms with van der Waals surface area (Å²) >= 11 is 1.82. The van der Waals surface area contributed by atoms with E-state index in [0.29, 0.717) is 12.0 Å². The van der Waals surface area contributed by atoms with Crippen molar-refractivity contribution < 1.29 is 19.0 Å². The van der Waals surface area contributed by atoms with Crippen LogP contribution >= 0.6 is 11.8 Å². The topological polar surface area (TPSA) is 44.8 Å². The summed E-state index contributed by atoms with van der Waals surface area (Å²) in [5.74, 6) is 0.185. The molecule has 2 aliphatic heterocycles. The van der Waals surface area contributed by atoms with Crippen LogP contribution in [0, 0.1) is 0 Å². The van der Waals surface area contributed by atoms with Crippen LogP contribution in [-0.4, -0.2) is 43.9 Å². The first-order valence-corrected chi connectivity index (χ1v) is 16.1. The quantitative estimate of drug-likeness (QED) is 0.284. The molecule has 0 radical (unpaired) electrons. The lowest BCUT2D eigenvalue weighted by Gasteiger charge is -2.43. The summed E-state index contributed by atoms with van der Waals surface area (Å²) in [4.78, 5) is 13.8. The maximum Gasteiger partial charge on any atom is 0.306 e. The number of benzene rings is 2. The number of carbonyl (C=O) groups is 1. The fraction of sp³-hybridized carbons (Fsp3) is 0.519. The van der Waals surface area contributed by atoms with E-state index in [0.717, 1.165) is 25.0 Å². The molecule has 4 atom stereocenters. The predicted molar refractivity (Wildman–Crippen MR) is 137 cm³/mol. The number of hydrogen-bond acceptors (Lipinski definition) is 5. The number of rotatable bonds is 7. The van der Waals surface area contributed by atoms with Crippen molar-refractivity contribution >= 4 is 31.0 Å². The zero-order valence-electron chi connectivity index (χ0n) is 20.2. The molecule has 0 aliphatic carbocycles. The van der Waals surface area contributed by atoms with E-state index in [-0.39, 0.29) is 24.3 Å².